The molecule has 0 spiro atoms. The molecule has 7 nitrogen and oxygen atoms in total. The standard InChI is InChI=1S/C17H22N2O5/c1-18-17(23)7-6-14(12-22)19(2)10-15-13(11-21)4-3-5-16(15)24-9-8-20/h3-5,8,11-12,14H,6-7,9-10H2,1-2H3,(H,18,23). The van der Waals surface area contributed by atoms with Crippen molar-refractivity contribution in [2.24, 2.45) is 0 Å². The normalized spacial score (nSPS) is 11.6. The van der Waals surface area contributed by atoms with Crippen LogP contribution in [0.4, 0.5) is 0 Å². The zero-order valence-electron chi connectivity index (χ0n) is 13.9. The highest BCUT2D eigenvalue weighted by molar-refractivity contribution is 5.79. The number of nitrogens with one attached hydrogen (secondary N) is 1. The highest BCUT2D eigenvalue weighted by atomic mass is 16.5. The lowest BCUT2D eigenvalue weighted by molar-refractivity contribution is -0.121. The summed E-state index contributed by atoms with van der Waals surface area (Å²) in [6, 6.07) is 4.50. The van der Waals surface area contributed by atoms with Crippen molar-refractivity contribution in [3.63, 3.8) is 0 Å². The molecule has 0 aliphatic rings. The SMILES string of the molecule is CNC(=O)CCC(C=O)N(C)Cc1c(C=O)cccc1OCC=O. The molecule has 0 radical (unpaired) electrons. The molecule has 0 saturated heterocycles. The summed E-state index contributed by atoms with van der Waals surface area (Å²) in [6.45, 7) is 0.160. The Balaban J connectivity index is 2.91. The fourth-order valence-electron chi connectivity index (χ4n) is 2.28. The van der Waals surface area contributed by atoms with Crippen LogP contribution in [0.1, 0.15) is 28.8 Å². The smallest absolute Gasteiger partial charge is 0.219 e. The van der Waals surface area contributed by atoms with Crippen LogP contribution in [0.25, 0.3) is 0 Å². The number of amides is 1. The van der Waals surface area contributed by atoms with E-state index in [0.717, 1.165) is 6.29 Å². The number of carbonyl (C=O) groups is 4. The van der Waals surface area contributed by atoms with Crippen LogP contribution in [0.2, 0.25) is 0 Å². The Labute approximate surface area is 141 Å². The number of nitrogens with zero attached hydrogens (tertiary/aromatic N) is 1. The molecule has 1 amide bonds. The summed E-state index contributed by atoms with van der Waals surface area (Å²) in [7, 11) is 3.27. The maximum absolute atomic E-state index is 11.3. The lowest BCUT2D eigenvalue weighted by atomic mass is 10.0. The van der Waals surface area contributed by atoms with Crippen LogP contribution >= 0.6 is 0 Å². The summed E-state index contributed by atoms with van der Waals surface area (Å²) >= 11 is 0. The number of ether oxygens (including phenoxy) is 1. The van der Waals surface area contributed by atoms with E-state index in [-0.39, 0.29) is 25.5 Å². The van der Waals surface area contributed by atoms with Crippen molar-refractivity contribution in [3.8, 4) is 5.75 Å². The molecule has 0 aliphatic carbocycles. The van der Waals surface area contributed by atoms with E-state index in [1.165, 1.54) is 0 Å². The molecule has 1 aromatic rings. The number of hydrogen-bond donors (Lipinski definition) is 1. The van der Waals surface area contributed by atoms with Crippen molar-refractivity contribution in [1.82, 2.24) is 10.2 Å². The number of rotatable bonds is 11. The highest BCUT2D eigenvalue weighted by Crippen LogP contribution is 2.24. The fourth-order valence-corrected chi connectivity index (χ4v) is 2.28. The van der Waals surface area contributed by atoms with Crippen LogP contribution in [0, 0.1) is 0 Å². The first-order valence-corrected chi connectivity index (χ1v) is 7.57. The summed E-state index contributed by atoms with van der Waals surface area (Å²) in [5, 5.41) is 2.51. The van der Waals surface area contributed by atoms with Crippen LogP contribution < -0.4 is 10.1 Å². The van der Waals surface area contributed by atoms with Gasteiger partial charge in [-0.3, -0.25) is 19.3 Å². The van der Waals surface area contributed by atoms with Crippen molar-refractivity contribution in [2.45, 2.75) is 25.4 Å². The zero-order valence-corrected chi connectivity index (χ0v) is 13.9. The summed E-state index contributed by atoms with van der Waals surface area (Å²) in [4.78, 5) is 46.2. The molecule has 0 heterocycles. The van der Waals surface area contributed by atoms with E-state index in [4.69, 9.17) is 4.74 Å². The summed E-state index contributed by atoms with van der Waals surface area (Å²) in [6.07, 6.45) is 2.70. The van der Waals surface area contributed by atoms with E-state index in [1.807, 2.05) is 0 Å². The zero-order chi connectivity index (χ0) is 17.9. The molecule has 7 heteroatoms. The van der Waals surface area contributed by atoms with E-state index >= 15 is 0 Å². The molecular formula is C17H22N2O5. The van der Waals surface area contributed by atoms with Gasteiger partial charge in [0, 0.05) is 31.1 Å². The number of aldehydes is 3. The Hall–Kier alpha value is -2.54. The van der Waals surface area contributed by atoms with Gasteiger partial charge in [0.2, 0.25) is 5.91 Å². The first kappa shape index (κ1) is 19.5. The van der Waals surface area contributed by atoms with E-state index < -0.39 is 6.04 Å². The minimum Gasteiger partial charge on any atom is -0.486 e. The number of benzene rings is 1. The van der Waals surface area contributed by atoms with E-state index in [2.05, 4.69) is 5.32 Å². The van der Waals surface area contributed by atoms with Gasteiger partial charge in [0.1, 0.15) is 18.6 Å². The Morgan fingerprint density at radius 1 is 1.33 bits per heavy atom. The van der Waals surface area contributed by atoms with Gasteiger partial charge in [-0.25, -0.2) is 0 Å². The molecular weight excluding hydrogens is 312 g/mol. The van der Waals surface area contributed by atoms with Gasteiger partial charge in [0.15, 0.2) is 12.6 Å². The van der Waals surface area contributed by atoms with Crippen LogP contribution in [0.15, 0.2) is 18.2 Å². The van der Waals surface area contributed by atoms with Crippen molar-refractivity contribution < 1.29 is 23.9 Å². The van der Waals surface area contributed by atoms with Gasteiger partial charge in [-0.2, -0.15) is 0 Å². The van der Waals surface area contributed by atoms with Gasteiger partial charge in [0.05, 0.1) is 6.04 Å². The van der Waals surface area contributed by atoms with E-state index in [9.17, 15) is 19.2 Å². The number of hydrogen-bond acceptors (Lipinski definition) is 6. The molecule has 1 atom stereocenters. The molecule has 0 aromatic heterocycles. The molecule has 1 unspecified atom stereocenters. The Kier molecular flexibility index (Phi) is 8.35. The van der Waals surface area contributed by atoms with Crippen LogP contribution in [-0.2, 0) is 20.9 Å². The second-order valence-corrected chi connectivity index (χ2v) is 5.25. The van der Waals surface area contributed by atoms with Crippen molar-refractivity contribution in [1.29, 1.82) is 0 Å². The predicted molar refractivity (Wildman–Crippen MR) is 88.0 cm³/mol. The molecule has 24 heavy (non-hydrogen) atoms. The molecule has 1 N–H and O–H groups in total. The first-order valence-electron chi connectivity index (χ1n) is 7.57. The van der Waals surface area contributed by atoms with Crippen LogP contribution in [0.5, 0.6) is 5.75 Å². The lowest BCUT2D eigenvalue weighted by Gasteiger charge is -2.25. The van der Waals surface area contributed by atoms with E-state index in [1.54, 1.807) is 37.2 Å². The monoisotopic (exact) mass is 334 g/mol. The largest absolute Gasteiger partial charge is 0.486 e. The van der Waals surface area contributed by atoms with Gasteiger partial charge in [-0.15, -0.1) is 0 Å². The quantitative estimate of drug-likeness (QED) is 0.596. The molecule has 0 bridgehead atoms. The third kappa shape index (κ3) is 5.58. The Morgan fingerprint density at radius 2 is 2.08 bits per heavy atom. The minimum atomic E-state index is -0.471. The van der Waals surface area contributed by atoms with Crippen LogP contribution in [-0.4, -0.2) is 56.4 Å². The Morgan fingerprint density at radius 3 is 2.67 bits per heavy atom. The second kappa shape index (κ2) is 10.3. The molecule has 0 saturated carbocycles. The second-order valence-electron chi connectivity index (χ2n) is 5.25. The minimum absolute atomic E-state index is 0.118. The van der Waals surface area contributed by atoms with Crippen molar-refractivity contribution in [2.75, 3.05) is 20.7 Å². The van der Waals surface area contributed by atoms with E-state index in [0.29, 0.717) is 35.9 Å². The maximum Gasteiger partial charge on any atom is 0.219 e. The highest BCUT2D eigenvalue weighted by Gasteiger charge is 2.19. The van der Waals surface area contributed by atoms with Crippen molar-refractivity contribution >= 4 is 24.8 Å². The fraction of sp³-hybridized carbons (Fsp3) is 0.412. The van der Waals surface area contributed by atoms with Gasteiger partial charge < -0.3 is 14.8 Å². The van der Waals surface area contributed by atoms with Gasteiger partial charge in [0.25, 0.3) is 0 Å². The molecule has 0 fully saturated rings. The lowest BCUT2D eigenvalue weighted by Crippen LogP contribution is -2.34. The average Bonchev–Trinajstić information content (AvgIpc) is 2.60. The van der Waals surface area contributed by atoms with Crippen LogP contribution in [0.3, 0.4) is 0 Å². The summed E-state index contributed by atoms with van der Waals surface area (Å²) in [5.74, 6) is 0.285. The third-order valence-corrected chi connectivity index (χ3v) is 3.68. The summed E-state index contributed by atoms with van der Waals surface area (Å²) in [5.41, 5.74) is 1.03. The average molecular weight is 334 g/mol. The van der Waals surface area contributed by atoms with Gasteiger partial charge in [-0.1, -0.05) is 12.1 Å². The molecule has 130 valence electrons. The maximum atomic E-state index is 11.3. The number of carbonyl (C=O) groups excluding carboxylic acids is 4. The number of likely N-dealkylation sites (N-methyl/N-ethyl adjacent to an activating group) is 1. The first-order chi connectivity index (χ1) is 11.6. The molecule has 1 aromatic carbocycles. The van der Waals surface area contributed by atoms with Crippen molar-refractivity contribution in [3.05, 3.63) is 29.3 Å². The molecule has 0 aliphatic heterocycles. The van der Waals surface area contributed by atoms with Gasteiger partial charge in [-0.05, 0) is 19.5 Å². The van der Waals surface area contributed by atoms with Gasteiger partial charge >= 0.3 is 0 Å². The Bertz CT molecular complexity index is 588. The topological polar surface area (TPSA) is 92.8 Å². The molecule has 1 rings (SSSR count). The third-order valence-electron chi connectivity index (χ3n) is 3.68. The summed E-state index contributed by atoms with van der Waals surface area (Å²) < 4.78 is 5.35. The predicted octanol–water partition coefficient (Wildman–Crippen LogP) is 0.602.